The lowest BCUT2D eigenvalue weighted by Crippen LogP contribution is -2.42. The minimum atomic E-state index is -0.993. The van der Waals surface area contributed by atoms with E-state index in [-0.39, 0.29) is 13.0 Å². The fraction of sp³-hybridized carbons (Fsp3) is 0.800. The summed E-state index contributed by atoms with van der Waals surface area (Å²) in [6, 6.07) is -0.757. The summed E-state index contributed by atoms with van der Waals surface area (Å²) in [7, 11) is 5.42. The number of ether oxygens (including phenoxy) is 4. The highest BCUT2D eigenvalue weighted by Crippen LogP contribution is 2.31. The fourth-order valence-corrected chi connectivity index (χ4v) is 1.87. The molecular weight excluding hydrogens is 230 g/mol. The number of hydrogen-bond acceptors (Lipinski definition) is 6. The van der Waals surface area contributed by atoms with E-state index in [1.165, 1.54) is 33.3 Å². The molecule has 1 saturated heterocycles. The van der Waals surface area contributed by atoms with Gasteiger partial charge in [0, 0.05) is 20.6 Å². The van der Waals surface area contributed by atoms with Crippen LogP contribution in [0.1, 0.15) is 6.42 Å². The van der Waals surface area contributed by atoms with Gasteiger partial charge in [0.25, 0.3) is 0 Å². The van der Waals surface area contributed by atoms with Crippen LogP contribution in [0.2, 0.25) is 0 Å². The molecule has 0 N–H and O–H groups in total. The Morgan fingerprint density at radius 3 is 2.12 bits per heavy atom. The van der Waals surface area contributed by atoms with Crippen molar-refractivity contribution in [3.05, 3.63) is 0 Å². The van der Waals surface area contributed by atoms with Gasteiger partial charge in [-0.05, 0) is 0 Å². The van der Waals surface area contributed by atoms with Crippen LogP contribution >= 0.6 is 0 Å². The molecule has 1 atom stereocenters. The van der Waals surface area contributed by atoms with Crippen molar-refractivity contribution in [2.24, 2.45) is 0 Å². The summed E-state index contributed by atoms with van der Waals surface area (Å²) in [6.07, 6.45) is -0.404. The number of carbonyl (C=O) groups is 2. The van der Waals surface area contributed by atoms with E-state index in [2.05, 4.69) is 9.47 Å². The predicted molar refractivity (Wildman–Crippen MR) is 56.3 cm³/mol. The second kappa shape index (κ2) is 5.33. The molecule has 1 aliphatic heterocycles. The minimum Gasteiger partial charge on any atom is -0.467 e. The molecule has 1 heterocycles. The summed E-state index contributed by atoms with van der Waals surface area (Å²) in [4.78, 5) is 24.4. The average molecular weight is 247 g/mol. The molecule has 1 aliphatic rings. The van der Waals surface area contributed by atoms with E-state index in [1.807, 2.05) is 0 Å². The van der Waals surface area contributed by atoms with Crippen molar-refractivity contribution in [1.82, 2.24) is 4.90 Å². The van der Waals surface area contributed by atoms with Gasteiger partial charge < -0.3 is 18.9 Å². The highest BCUT2D eigenvalue weighted by atomic mass is 16.7. The zero-order chi connectivity index (χ0) is 13.1. The summed E-state index contributed by atoms with van der Waals surface area (Å²) in [5.41, 5.74) is 0. The highest BCUT2D eigenvalue weighted by Gasteiger charge is 2.50. The molecule has 98 valence electrons. The van der Waals surface area contributed by atoms with E-state index < -0.39 is 23.9 Å². The van der Waals surface area contributed by atoms with Gasteiger partial charge in [0.2, 0.25) is 0 Å². The summed E-state index contributed by atoms with van der Waals surface area (Å²) in [5.74, 6) is -1.51. The maximum Gasteiger partial charge on any atom is 0.410 e. The largest absolute Gasteiger partial charge is 0.467 e. The lowest BCUT2D eigenvalue weighted by atomic mass is 10.1. The van der Waals surface area contributed by atoms with Gasteiger partial charge in [-0.15, -0.1) is 0 Å². The molecule has 1 amide bonds. The maximum atomic E-state index is 11.6. The molecule has 0 unspecified atom stereocenters. The normalized spacial score (nSPS) is 22.4. The van der Waals surface area contributed by atoms with E-state index in [1.54, 1.807) is 0 Å². The van der Waals surface area contributed by atoms with Crippen molar-refractivity contribution in [3.8, 4) is 0 Å². The van der Waals surface area contributed by atoms with Crippen LogP contribution in [0.15, 0.2) is 0 Å². The van der Waals surface area contributed by atoms with Gasteiger partial charge in [0.05, 0.1) is 20.8 Å². The van der Waals surface area contributed by atoms with Gasteiger partial charge in [0.1, 0.15) is 6.04 Å². The molecule has 1 fully saturated rings. The van der Waals surface area contributed by atoms with Gasteiger partial charge in [0.15, 0.2) is 5.79 Å². The molecular formula is C10H17NO6. The smallest absolute Gasteiger partial charge is 0.410 e. The number of likely N-dealkylation sites (tertiary alicyclic amines) is 1. The van der Waals surface area contributed by atoms with Crippen molar-refractivity contribution < 1.29 is 28.5 Å². The van der Waals surface area contributed by atoms with Crippen LogP contribution in [-0.2, 0) is 23.7 Å². The lowest BCUT2D eigenvalue weighted by molar-refractivity contribution is -0.195. The van der Waals surface area contributed by atoms with E-state index >= 15 is 0 Å². The van der Waals surface area contributed by atoms with Crippen molar-refractivity contribution in [2.75, 3.05) is 35.0 Å². The Bertz CT molecular complexity index is 275. The monoisotopic (exact) mass is 247 g/mol. The van der Waals surface area contributed by atoms with Crippen LogP contribution in [-0.4, -0.2) is 63.8 Å². The maximum absolute atomic E-state index is 11.6. The summed E-state index contributed by atoms with van der Waals surface area (Å²) in [5, 5.41) is 0. The van der Waals surface area contributed by atoms with Gasteiger partial charge in [-0.1, -0.05) is 0 Å². The van der Waals surface area contributed by atoms with Gasteiger partial charge in [-0.2, -0.15) is 0 Å². The third-order valence-corrected chi connectivity index (χ3v) is 2.92. The van der Waals surface area contributed by atoms with Crippen molar-refractivity contribution in [1.29, 1.82) is 0 Å². The van der Waals surface area contributed by atoms with Crippen LogP contribution in [0.5, 0.6) is 0 Å². The molecule has 0 aromatic carbocycles. The third kappa shape index (κ3) is 2.50. The standard InChI is InChI=1S/C10H17NO6/c1-14-8(12)7-5-10(16-3,17-4)6-11(7)9(13)15-2/h7H,5-6H2,1-4H3/t7-/m0/s1. The first kappa shape index (κ1) is 13.7. The molecule has 17 heavy (non-hydrogen) atoms. The van der Waals surface area contributed by atoms with E-state index in [0.29, 0.717) is 0 Å². The molecule has 7 nitrogen and oxygen atoms in total. The highest BCUT2D eigenvalue weighted by molar-refractivity contribution is 5.82. The van der Waals surface area contributed by atoms with Crippen molar-refractivity contribution in [3.63, 3.8) is 0 Å². The van der Waals surface area contributed by atoms with Gasteiger partial charge >= 0.3 is 12.1 Å². The second-order valence-electron chi connectivity index (χ2n) is 3.66. The molecule has 0 bridgehead atoms. The lowest BCUT2D eigenvalue weighted by Gasteiger charge is -2.25. The Morgan fingerprint density at radius 1 is 1.12 bits per heavy atom. The number of carbonyl (C=O) groups excluding carboxylic acids is 2. The Balaban J connectivity index is 2.93. The number of amides is 1. The SMILES string of the molecule is COC(=O)[C@@H]1CC(OC)(OC)CN1C(=O)OC. The average Bonchev–Trinajstić information content (AvgIpc) is 2.77. The zero-order valence-corrected chi connectivity index (χ0v) is 10.4. The molecule has 0 aromatic rings. The van der Waals surface area contributed by atoms with E-state index in [4.69, 9.17) is 9.47 Å². The Labute approximate surface area is 99.6 Å². The second-order valence-corrected chi connectivity index (χ2v) is 3.66. The molecule has 7 heteroatoms. The third-order valence-electron chi connectivity index (χ3n) is 2.92. The van der Waals surface area contributed by atoms with E-state index in [0.717, 1.165) is 0 Å². The van der Waals surface area contributed by atoms with Crippen LogP contribution in [0.3, 0.4) is 0 Å². The van der Waals surface area contributed by atoms with Gasteiger partial charge in [-0.3, -0.25) is 4.90 Å². The van der Waals surface area contributed by atoms with Crippen molar-refractivity contribution >= 4 is 12.1 Å². The first-order chi connectivity index (χ1) is 8.03. The van der Waals surface area contributed by atoms with Crippen molar-refractivity contribution in [2.45, 2.75) is 18.2 Å². The molecule has 0 radical (unpaired) electrons. The molecule has 0 saturated carbocycles. The Kier molecular flexibility index (Phi) is 4.30. The fourth-order valence-electron chi connectivity index (χ4n) is 1.87. The number of hydrogen-bond donors (Lipinski definition) is 0. The summed E-state index contributed by atoms with van der Waals surface area (Å²) < 4.78 is 19.7. The summed E-state index contributed by atoms with van der Waals surface area (Å²) >= 11 is 0. The minimum absolute atomic E-state index is 0.118. The molecule has 0 aliphatic carbocycles. The number of nitrogens with zero attached hydrogens (tertiary/aromatic N) is 1. The number of methoxy groups -OCH3 is 4. The molecule has 1 rings (SSSR count). The van der Waals surface area contributed by atoms with Crippen LogP contribution in [0.25, 0.3) is 0 Å². The van der Waals surface area contributed by atoms with Crippen LogP contribution in [0, 0.1) is 0 Å². The quantitative estimate of drug-likeness (QED) is 0.516. The van der Waals surface area contributed by atoms with Crippen LogP contribution < -0.4 is 0 Å². The first-order valence-corrected chi connectivity index (χ1v) is 5.06. The molecule has 0 spiro atoms. The molecule has 0 aromatic heterocycles. The first-order valence-electron chi connectivity index (χ1n) is 5.06. The topological polar surface area (TPSA) is 74.3 Å². The zero-order valence-electron chi connectivity index (χ0n) is 10.4. The van der Waals surface area contributed by atoms with E-state index in [9.17, 15) is 9.59 Å². The predicted octanol–water partition coefficient (Wildman–Crippen LogP) is -0.0108. The van der Waals surface area contributed by atoms with Crippen LogP contribution in [0.4, 0.5) is 4.79 Å². The van der Waals surface area contributed by atoms with Gasteiger partial charge in [-0.25, -0.2) is 9.59 Å². The Morgan fingerprint density at radius 2 is 1.71 bits per heavy atom. The number of rotatable bonds is 3. The number of esters is 1. The Hall–Kier alpha value is -1.34. The summed E-state index contributed by atoms with van der Waals surface area (Å²) in [6.45, 7) is 0.118.